The minimum absolute atomic E-state index is 0.0477. The van der Waals surface area contributed by atoms with E-state index in [0.29, 0.717) is 18.9 Å². The zero-order chi connectivity index (χ0) is 16.8. The fraction of sp³-hybridized carbons (Fsp3) is 0.444. The van der Waals surface area contributed by atoms with Gasteiger partial charge in [0.05, 0.1) is 5.69 Å². The summed E-state index contributed by atoms with van der Waals surface area (Å²) in [5.74, 6) is 0.960. The average molecular weight is 316 g/mol. The molecule has 1 amide bonds. The second-order valence-electron chi connectivity index (χ2n) is 5.76. The largest absolute Gasteiger partial charge is 0.441 e. The number of amides is 1. The van der Waals surface area contributed by atoms with E-state index in [-0.39, 0.29) is 11.8 Å². The van der Waals surface area contributed by atoms with E-state index in [1.165, 1.54) is 0 Å². The first-order valence-corrected chi connectivity index (χ1v) is 8.00. The van der Waals surface area contributed by atoms with Crippen molar-refractivity contribution < 1.29 is 14.3 Å². The van der Waals surface area contributed by atoms with Crippen molar-refractivity contribution in [3.8, 4) is 11.5 Å². The lowest BCUT2D eigenvalue weighted by atomic mass is 10.0. The molecule has 0 fully saturated rings. The molecule has 2 N–H and O–H groups in total. The summed E-state index contributed by atoms with van der Waals surface area (Å²) in [6.07, 6.45) is 0.372. The van der Waals surface area contributed by atoms with E-state index in [4.69, 9.17) is 4.42 Å². The SMILES string of the molecule is CCC(C)C(O)C(=O)NCCc1nc(-c2ccccc2)oc1C. The van der Waals surface area contributed by atoms with Gasteiger partial charge in [-0.1, -0.05) is 38.5 Å². The topological polar surface area (TPSA) is 75.4 Å². The molecule has 2 rings (SSSR count). The van der Waals surface area contributed by atoms with Crippen LogP contribution in [0, 0.1) is 12.8 Å². The Morgan fingerprint density at radius 1 is 1.35 bits per heavy atom. The van der Waals surface area contributed by atoms with E-state index in [0.717, 1.165) is 23.4 Å². The van der Waals surface area contributed by atoms with Crippen molar-refractivity contribution in [2.24, 2.45) is 5.92 Å². The molecule has 23 heavy (non-hydrogen) atoms. The second-order valence-corrected chi connectivity index (χ2v) is 5.76. The maximum Gasteiger partial charge on any atom is 0.249 e. The van der Waals surface area contributed by atoms with Crippen LogP contribution in [0.4, 0.5) is 0 Å². The summed E-state index contributed by atoms with van der Waals surface area (Å²) in [4.78, 5) is 16.3. The molecule has 1 aromatic heterocycles. The van der Waals surface area contributed by atoms with Gasteiger partial charge in [-0.3, -0.25) is 4.79 Å². The quantitative estimate of drug-likeness (QED) is 0.823. The van der Waals surface area contributed by atoms with Crippen LogP contribution in [-0.4, -0.2) is 28.6 Å². The summed E-state index contributed by atoms with van der Waals surface area (Å²) in [7, 11) is 0. The maximum absolute atomic E-state index is 11.8. The van der Waals surface area contributed by atoms with Crippen LogP contribution in [0.5, 0.6) is 0 Å². The van der Waals surface area contributed by atoms with Crippen molar-refractivity contribution in [1.29, 1.82) is 0 Å². The molecule has 2 aromatic rings. The number of rotatable bonds is 7. The number of hydrogen-bond donors (Lipinski definition) is 2. The molecule has 0 saturated heterocycles. The second kappa shape index (κ2) is 7.92. The Labute approximate surface area is 136 Å². The fourth-order valence-electron chi connectivity index (χ4n) is 2.25. The normalized spacial score (nSPS) is 13.6. The Morgan fingerprint density at radius 3 is 2.70 bits per heavy atom. The van der Waals surface area contributed by atoms with Gasteiger partial charge in [-0.15, -0.1) is 0 Å². The standard InChI is InChI=1S/C18H24N2O3/c1-4-12(2)16(21)17(22)19-11-10-15-13(3)23-18(20-15)14-8-6-5-7-9-14/h5-9,12,16,21H,4,10-11H2,1-3H3,(H,19,22). The third-order valence-electron chi connectivity index (χ3n) is 4.03. The number of oxazole rings is 1. The first-order valence-electron chi connectivity index (χ1n) is 8.00. The molecular weight excluding hydrogens is 292 g/mol. The number of aryl methyl sites for hydroxylation is 1. The molecule has 1 aromatic carbocycles. The first kappa shape index (κ1) is 17.2. The van der Waals surface area contributed by atoms with E-state index in [9.17, 15) is 9.90 Å². The highest BCUT2D eigenvalue weighted by Gasteiger charge is 2.20. The Kier molecular flexibility index (Phi) is 5.93. The van der Waals surface area contributed by atoms with Crippen LogP contribution in [0.2, 0.25) is 0 Å². The minimum Gasteiger partial charge on any atom is -0.441 e. The predicted molar refractivity (Wildman–Crippen MR) is 88.9 cm³/mol. The van der Waals surface area contributed by atoms with Crippen molar-refractivity contribution in [1.82, 2.24) is 10.3 Å². The molecule has 0 bridgehead atoms. The van der Waals surface area contributed by atoms with Crippen LogP contribution in [-0.2, 0) is 11.2 Å². The van der Waals surface area contributed by atoms with E-state index in [2.05, 4.69) is 10.3 Å². The van der Waals surface area contributed by atoms with Gasteiger partial charge in [-0.05, 0) is 25.0 Å². The lowest BCUT2D eigenvalue weighted by Gasteiger charge is -2.16. The van der Waals surface area contributed by atoms with Gasteiger partial charge in [0.15, 0.2) is 0 Å². The highest BCUT2D eigenvalue weighted by Crippen LogP contribution is 2.21. The molecule has 2 atom stereocenters. The zero-order valence-corrected chi connectivity index (χ0v) is 13.9. The number of nitrogens with one attached hydrogen (secondary N) is 1. The number of aromatic nitrogens is 1. The molecule has 1 heterocycles. The van der Waals surface area contributed by atoms with Crippen molar-refractivity contribution >= 4 is 5.91 Å². The highest BCUT2D eigenvalue weighted by atomic mass is 16.4. The summed E-state index contributed by atoms with van der Waals surface area (Å²) in [6, 6.07) is 9.70. The van der Waals surface area contributed by atoms with E-state index in [1.807, 2.05) is 51.1 Å². The summed E-state index contributed by atoms with van der Waals surface area (Å²) in [6.45, 7) is 6.10. The molecule has 0 aliphatic carbocycles. The van der Waals surface area contributed by atoms with Gasteiger partial charge >= 0.3 is 0 Å². The number of aliphatic hydroxyl groups excluding tert-OH is 1. The van der Waals surface area contributed by atoms with Gasteiger partial charge in [-0.25, -0.2) is 4.98 Å². The Hall–Kier alpha value is -2.14. The van der Waals surface area contributed by atoms with E-state index >= 15 is 0 Å². The molecular formula is C18H24N2O3. The van der Waals surface area contributed by atoms with Crippen molar-refractivity contribution in [3.05, 3.63) is 41.8 Å². The number of hydrogen-bond acceptors (Lipinski definition) is 4. The molecule has 5 nitrogen and oxygen atoms in total. The fourth-order valence-corrected chi connectivity index (χ4v) is 2.25. The van der Waals surface area contributed by atoms with Crippen molar-refractivity contribution in [2.75, 3.05) is 6.54 Å². The zero-order valence-electron chi connectivity index (χ0n) is 13.9. The summed E-state index contributed by atoms with van der Waals surface area (Å²) < 4.78 is 5.69. The van der Waals surface area contributed by atoms with Crippen LogP contribution >= 0.6 is 0 Å². The summed E-state index contributed by atoms with van der Waals surface area (Å²) in [5, 5.41) is 12.6. The molecule has 0 radical (unpaired) electrons. The van der Waals surface area contributed by atoms with Crippen molar-refractivity contribution in [3.63, 3.8) is 0 Å². The highest BCUT2D eigenvalue weighted by molar-refractivity contribution is 5.80. The maximum atomic E-state index is 11.8. The van der Waals surface area contributed by atoms with Crippen molar-refractivity contribution in [2.45, 2.75) is 39.7 Å². The van der Waals surface area contributed by atoms with Crippen LogP contribution in [0.3, 0.4) is 0 Å². The van der Waals surface area contributed by atoms with Crippen LogP contribution in [0.25, 0.3) is 11.5 Å². The summed E-state index contributed by atoms with van der Waals surface area (Å²) in [5.41, 5.74) is 1.75. The van der Waals surface area contributed by atoms with Gasteiger partial charge in [0.25, 0.3) is 0 Å². The number of nitrogens with zero attached hydrogens (tertiary/aromatic N) is 1. The molecule has 0 aliphatic heterocycles. The minimum atomic E-state index is -0.960. The third-order valence-corrected chi connectivity index (χ3v) is 4.03. The lowest BCUT2D eigenvalue weighted by molar-refractivity contribution is -0.131. The molecule has 5 heteroatoms. The lowest BCUT2D eigenvalue weighted by Crippen LogP contribution is -2.39. The predicted octanol–water partition coefficient (Wildman–Crippen LogP) is 2.72. The van der Waals surface area contributed by atoms with E-state index in [1.54, 1.807) is 0 Å². The monoisotopic (exact) mass is 316 g/mol. The number of carbonyl (C=O) groups is 1. The van der Waals surface area contributed by atoms with Gasteiger partial charge in [-0.2, -0.15) is 0 Å². The molecule has 124 valence electrons. The molecule has 0 saturated carbocycles. The number of aliphatic hydroxyl groups is 1. The third kappa shape index (κ3) is 4.42. The van der Waals surface area contributed by atoms with Gasteiger partial charge in [0, 0.05) is 18.5 Å². The van der Waals surface area contributed by atoms with E-state index < -0.39 is 6.10 Å². The Balaban J connectivity index is 1.92. The Morgan fingerprint density at radius 2 is 2.04 bits per heavy atom. The van der Waals surface area contributed by atoms with Crippen LogP contribution in [0.1, 0.15) is 31.7 Å². The smallest absolute Gasteiger partial charge is 0.249 e. The molecule has 0 spiro atoms. The van der Waals surface area contributed by atoms with Gasteiger partial charge in [0.2, 0.25) is 11.8 Å². The number of benzene rings is 1. The Bertz CT molecular complexity index is 637. The molecule has 0 aliphatic rings. The van der Waals surface area contributed by atoms with Crippen LogP contribution in [0.15, 0.2) is 34.7 Å². The van der Waals surface area contributed by atoms with Gasteiger partial charge in [0.1, 0.15) is 11.9 Å². The summed E-state index contributed by atoms with van der Waals surface area (Å²) >= 11 is 0. The van der Waals surface area contributed by atoms with Crippen LogP contribution < -0.4 is 5.32 Å². The first-order chi connectivity index (χ1) is 11.0. The average Bonchev–Trinajstić information content (AvgIpc) is 2.95. The number of carbonyl (C=O) groups excluding carboxylic acids is 1. The van der Waals surface area contributed by atoms with Gasteiger partial charge < -0.3 is 14.8 Å². The molecule has 2 unspecified atom stereocenters.